The third kappa shape index (κ3) is 4.89. The van der Waals surface area contributed by atoms with Gasteiger partial charge >= 0.3 is 0 Å². The molecule has 196 valence electrons. The highest BCUT2D eigenvalue weighted by molar-refractivity contribution is 6.07. The lowest BCUT2D eigenvalue weighted by molar-refractivity contribution is -0.133. The number of benzene rings is 3. The van der Waals surface area contributed by atoms with Crippen molar-refractivity contribution in [2.24, 2.45) is 0 Å². The molecule has 0 aliphatic carbocycles. The highest BCUT2D eigenvalue weighted by atomic mass is 19.3. The first-order chi connectivity index (χ1) is 18.8. The number of aromatic nitrogens is 1. The lowest BCUT2D eigenvalue weighted by atomic mass is 9.88. The summed E-state index contributed by atoms with van der Waals surface area (Å²) in [5.74, 6) is -3.86. The van der Waals surface area contributed by atoms with Gasteiger partial charge in [-0.05, 0) is 47.0 Å². The molecule has 0 saturated carbocycles. The summed E-state index contributed by atoms with van der Waals surface area (Å²) in [6, 6.07) is 24.5. The van der Waals surface area contributed by atoms with Crippen molar-refractivity contribution in [3.8, 4) is 22.9 Å². The van der Waals surface area contributed by atoms with Crippen molar-refractivity contribution in [2.75, 3.05) is 20.2 Å². The Morgan fingerprint density at radius 3 is 2.46 bits per heavy atom. The molecule has 1 saturated heterocycles. The molecule has 1 aliphatic rings. The average molecular weight is 527 g/mol. The molecule has 3 aromatic carbocycles. The second-order valence-corrected chi connectivity index (χ2v) is 9.35. The number of pyridine rings is 1. The lowest BCUT2D eigenvalue weighted by Gasteiger charge is -2.32. The second kappa shape index (κ2) is 10.1. The Morgan fingerprint density at radius 2 is 1.77 bits per heavy atom. The van der Waals surface area contributed by atoms with E-state index in [2.05, 4.69) is 10.3 Å². The Kier molecular flexibility index (Phi) is 6.71. The first-order valence-electron chi connectivity index (χ1n) is 12.2. The molecule has 2 heterocycles. The highest BCUT2D eigenvalue weighted by Crippen LogP contribution is 2.45. The zero-order valence-corrected chi connectivity index (χ0v) is 21.0. The third-order valence-electron chi connectivity index (χ3n) is 6.91. The van der Waals surface area contributed by atoms with Crippen molar-refractivity contribution in [1.82, 2.24) is 15.2 Å². The van der Waals surface area contributed by atoms with E-state index in [-0.39, 0.29) is 5.56 Å². The van der Waals surface area contributed by atoms with E-state index in [0.29, 0.717) is 16.5 Å². The first kappa shape index (κ1) is 25.8. The molecule has 1 atom stereocenters. The number of nitrogens with one attached hydrogen (secondary N) is 1. The Bertz CT molecular complexity index is 1590. The molecule has 0 radical (unpaired) electrons. The molecule has 1 aliphatic heterocycles. The molecule has 0 bridgehead atoms. The lowest BCUT2D eigenvalue weighted by Crippen LogP contribution is -2.48. The van der Waals surface area contributed by atoms with Crippen molar-refractivity contribution >= 4 is 22.7 Å². The fourth-order valence-corrected chi connectivity index (χ4v) is 4.98. The van der Waals surface area contributed by atoms with E-state index in [4.69, 9.17) is 4.74 Å². The normalized spacial score (nSPS) is 17.9. The Labute approximate surface area is 223 Å². The predicted molar refractivity (Wildman–Crippen MR) is 141 cm³/mol. The van der Waals surface area contributed by atoms with E-state index >= 15 is 0 Å². The summed E-state index contributed by atoms with van der Waals surface area (Å²) in [6.45, 7) is -1.46. The van der Waals surface area contributed by atoms with Gasteiger partial charge in [-0.1, -0.05) is 48.5 Å². The van der Waals surface area contributed by atoms with Crippen LogP contribution in [-0.2, 0) is 10.3 Å². The number of fused-ring (bicyclic) bond motifs is 1. The fourth-order valence-electron chi connectivity index (χ4n) is 4.98. The summed E-state index contributed by atoms with van der Waals surface area (Å²) in [6.07, 6.45) is 0.673. The molecular weight excluding hydrogens is 502 g/mol. The number of halogens is 2. The van der Waals surface area contributed by atoms with E-state index < -0.39 is 42.8 Å². The molecule has 7 nitrogen and oxygen atoms in total. The maximum atomic E-state index is 14.5. The molecule has 2 amide bonds. The maximum absolute atomic E-state index is 14.5. The number of amides is 2. The van der Waals surface area contributed by atoms with Crippen molar-refractivity contribution in [3.05, 3.63) is 96.2 Å². The third-order valence-corrected chi connectivity index (χ3v) is 6.91. The summed E-state index contributed by atoms with van der Waals surface area (Å²) in [4.78, 5) is 31.6. The van der Waals surface area contributed by atoms with Gasteiger partial charge in [0.25, 0.3) is 11.8 Å². The van der Waals surface area contributed by atoms with Crippen molar-refractivity contribution < 1.29 is 23.1 Å². The fraction of sp³-hybridized carbons (Fsp3) is 0.200. The molecule has 9 heteroatoms. The molecule has 1 N–H and O–H groups in total. The van der Waals surface area contributed by atoms with E-state index in [1.165, 1.54) is 12.3 Å². The van der Waals surface area contributed by atoms with Gasteiger partial charge in [0.05, 0.1) is 43.8 Å². The molecule has 0 spiro atoms. The topological polar surface area (TPSA) is 95.3 Å². The van der Waals surface area contributed by atoms with Gasteiger partial charge in [0.1, 0.15) is 5.75 Å². The van der Waals surface area contributed by atoms with Gasteiger partial charge in [0.15, 0.2) is 5.54 Å². The monoisotopic (exact) mass is 526 g/mol. The van der Waals surface area contributed by atoms with Gasteiger partial charge in [-0.2, -0.15) is 5.26 Å². The number of carbonyl (C=O) groups excluding carboxylic acids is 2. The van der Waals surface area contributed by atoms with Gasteiger partial charge in [-0.15, -0.1) is 0 Å². The number of carbonyl (C=O) groups is 2. The number of alkyl halides is 2. The van der Waals surface area contributed by atoms with Crippen LogP contribution in [0, 0.1) is 11.3 Å². The average Bonchev–Trinajstić information content (AvgIpc) is 3.27. The van der Waals surface area contributed by atoms with E-state index in [0.717, 1.165) is 21.8 Å². The highest BCUT2D eigenvalue weighted by Gasteiger charge is 2.58. The number of likely N-dealkylation sites (tertiary alicyclic amines) is 1. The summed E-state index contributed by atoms with van der Waals surface area (Å²) in [7, 11) is 1.59. The molecule has 39 heavy (non-hydrogen) atoms. The van der Waals surface area contributed by atoms with E-state index in [1.807, 2.05) is 42.5 Å². The summed E-state index contributed by atoms with van der Waals surface area (Å²) < 4.78 is 34.3. The van der Waals surface area contributed by atoms with Crippen LogP contribution in [-0.4, -0.2) is 47.8 Å². The van der Waals surface area contributed by atoms with Crippen LogP contribution in [0.15, 0.2) is 85.1 Å². The zero-order valence-electron chi connectivity index (χ0n) is 21.0. The Balaban J connectivity index is 1.39. The van der Waals surface area contributed by atoms with Crippen LogP contribution >= 0.6 is 0 Å². The minimum absolute atomic E-state index is 0.282. The smallest absolute Gasteiger partial charge is 0.269 e. The minimum Gasteiger partial charge on any atom is -0.497 e. The molecule has 1 fully saturated rings. The maximum Gasteiger partial charge on any atom is 0.269 e. The van der Waals surface area contributed by atoms with Crippen LogP contribution in [0.25, 0.3) is 22.0 Å². The summed E-state index contributed by atoms with van der Waals surface area (Å²) in [5.41, 5.74) is 1.09. The van der Waals surface area contributed by atoms with E-state index in [9.17, 15) is 23.6 Å². The molecule has 1 aromatic heterocycles. The molecule has 4 aromatic rings. The van der Waals surface area contributed by atoms with Crippen LogP contribution in [0.5, 0.6) is 5.75 Å². The number of nitrogens with zero attached hydrogens (tertiary/aromatic N) is 3. The second-order valence-electron chi connectivity index (χ2n) is 9.35. The molecular formula is C30H24F2N4O3. The van der Waals surface area contributed by atoms with Crippen LogP contribution in [0.3, 0.4) is 0 Å². The summed E-state index contributed by atoms with van der Waals surface area (Å²) in [5, 5.41) is 13.1. The van der Waals surface area contributed by atoms with Crippen molar-refractivity contribution in [2.45, 2.75) is 17.9 Å². The van der Waals surface area contributed by atoms with E-state index in [1.54, 1.807) is 43.5 Å². The Hall–Kier alpha value is -4.84. The molecule has 1 unspecified atom stereocenters. The standard InChI is InChI=1S/C30H24F2N4O3/c1-39-23-10-7-20(8-11-23)21-9-12-26-25(15-21)24(13-14-34-26)28(38)35-16-27(37)36-19-30(31,32)17-29(36,18-33)22-5-3-2-4-6-22/h2-15H,16-17,19H2,1H3,(H,35,38). The SMILES string of the molecule is COc1ccc(-c2ccc3nccc(C(=O)NCC(=O)N4CC(F)(F)CC4(C#N)c4ccccc4)c3c2)cc1. The molecule has 5 rings (SSSR count). The number of hydrogen-bond acceptors (Lipinski definition) is 5. The number of ether oxygens (including phenoxy) is 1. The zero-order chi connectivity index (χ0) is 27.6. The van der Waals surface area contributed by atoms with Gasteiger partial charge in [-0.3, -0.25) is 14.6 Å². The van der Waals surface area contributed by atoms with Crippen LogP contribution in [0.4, 0.5) is 8.78 Å². The number of hydrogen-bond donors (Lipinski definition) is 1. The van der Waals surface area contributed by atoms with Crippen LogP contribution < -0.4 is 10.1 Å². The quantitative estimate of drug-likeness (QED) is 0.385. The Morgan fingerprint density at radius 1 is 1.05 bits per heavy atom. The van der Waals surface area contributed by atoms with Crippen LogP contribution in [0.1, 0.15) is 22.3 Å². The van der Waals surface area contributed by atoms with Crippen LogP contribution in [0.2, 0.25) is 0 Å². The summed E-state index contributed by atoms with van der Waals surface area (Å²) >= 11 is 0. The van der Waals surface area contributed by atoms with Gasteiger partial charge in [0, 0.05) is 11.6 Å². The van der Waals surface area contributed by atoms with Gasteiger partial charge in [-0.25, -0.2) is 8.78 Å². The van der Waals surface area contributed by atoms with Crippen molar-refractivity contribution in [1.29, 1.82) is 5.26 Å². The largest absolute Gasteiger partial charge is 0.497 e. The predicted octanol–water partition coefficient (Wildman–Crippen LogP) is 4.93. The number of methoxy groups -OCH3 is 1. The van der Waals surface area contributed by atoms with Gasteiger partial charge < -0.3 is 15.0 Å². The minimum atomic E-state index is -3.25. The first-order valence-corrected chi connectivity index (χ1v) is 12.2. The number of rotatable bonds is 6. The van der Waals surface area contributed by atoms with Crippen molar-refractivity contribution in [3.63, 3.8) is 0 Å². The van der Waals surface area contributed by atoms with Gasteiger partial charge in [0.2, 0.25) is 5.91 Å². The number of nitriles is 1.